The van der Waals surface area contributed by atoms with Crippen LogP contribution < -0.4 is 9.47 Å². The summed E-state index contributed by atoms with van der Waals surface area (Å²) in [5, 5.41) is 0. The zero-order valence-electron chi connectivity index (χ0n) is 12.4. The summed E-state index contributed by atoms with van der Waals surface area (Å²) < 4.78 is 11.4. The zero-order valence-corrected chi connectivity index (χ0v) is 12.4. The van der Waals surface area contributed by atoms with E-state index in [-0.39, 0.29) is 10.8 Å². The summed E-state index contributed by atoms with van der Waals surface area (Å²) in [6.45, 7) is 14.8. The Kier molecular flexibility index (Phi) is 3.08. The van der Waals surface area contributed by atoms with Crippen molar-refractivity contribution in [1.82, 2.24) is 0 Å². The largest absolute Gasteiger partial charge is 0.486 e. The third-order valence-electron chi connectivity index (χ3n) is 3.30. The van der Waals surface area contributed by atoms with E-state index in [0.717, 1.165) is 11.5 Å². The maximum atomic E-state index is 5.70. The van der Waals surface area contributed by atoms with Gasteiger partial charge in [0, 0.05) is 0 Å². The highest BCUT2D eigenvalue weighted by Crippen LogP contribution is 2.42. The molecular weight excluding hydrogens is 224 g/mol. The molecule has 2 rings (SSSR count). The van der Waals surface area contributed by atoms with Crippen molar-refractivity contribution in [3.63, 3.8) is 0 Å². The van der Waals surface area contributed by atoms with E-state index < -0.39 is 0 Å². The second-order valence-corrected chi connectivity index (χ2v) is 7.04. The van der Waals surface area contributed by atoms with Crippen LogP contribution in [0.5, 0.6) is 11.5 Å². The van der Waals surface area contributed by atoms with Gasteiger partial charge >= 0.3 is 0 Å². The highest BCUT2D eigenvalue weighted by atomic mass is 16.6. The van der Waals surface area contributed by atoms with Gasteiger partial charge in [-0.25, -0.2) is 0 Å². The first-order valence-corrected chi connectivity index (χ1v) is 6.64. The van der Waals surface area contributed by atoms with Crippen molar-refractivity contribution in [3.8, 4) is 11.5 Å². The summed E-state index contributed by atoms with van der Waals surface area (Å²) in [4.78, 5) is 0. The standard InChI is InChI=1S/C16H24O2/c1-15(2,3)11-9-13-14(18-8-7-17-13)10-12(11)16(4,5)6/h9-10H,7-8H2,1-6H3. The summed E-state index contributed by atoms with van der Waals surface area (Å²) in [6.07, 6.45) is 0. The van der Waals surface area contributed by atoms with Crippen LogP contribution in [0.2, 0.25) is 0 Å². The third-order valence-corrected chi connectivity index (χ3v) is 3.30. The van der Waals surface area contributed by atoms with Crippen LogP contribution in [0.4, 0.5) is 0 Å². The summed E-state index contributed by atoms with van der Waals surface area (Å²) in [7, 11) is 0. The topological polar surface area (TPSA) is 18.5 Å². The predicted octanol–water partition coefficient (Wildman–Crippen LogP) is 4.05. The van der Waals surface area contributed by atoms with E-state index in [1.54, 1.807) is 0 Å². The highest BCUT2D eigenvalue weighted by molar-refractivity contribution is 5.52. The van der Waals surface area contributed by atoms with E-state index in [2.05, 4.69) is 53.7 Å². The molecule has 1 heterocycles. The number of hydrogen-bond acceptors (Lipinski definition) is 2. The molecule has 0 fully saturated rings. The first kappa shape index (κ1) is 13.3. The lowest BCUT2D eigenvalue weighted by Gasteiger charge is -2.32. The SMILES string of the molecule is CC(C)(C)c1cc2c(cc1C(C)(C)C)OCCO2. The number of benzene rings is 1. The lowest BCUT2D eigenvalue weighted by atomic mass is 9.75. The Bertz CT molecular complexity index is 404. The van der Waals surface area contributed by atoms with Crippen molar-refractivity contribution in [2.24, 2.45) is 0 Å². The Morgan fingerprint density at radius 2 is 1.06 bits per heavy atom. The van der Waals surface area contributed by atoms with Crippen molar-refractivity contribution >= 4 is 0 Å². The van der Waals surface area contributed by atoms with Gasteiger partial charge in [-0.1, -0.05) is 41.5 Å². The van der Waals surface area contributed by atoms with E-state index in [0.29, 0.717) is 13.2 Å². The molecule has 0 amide bonds. The van der Waals surface area contributed by atoms with Gasteiger partial charge in [0.25, 0.3) is 0 Å². The van der Waals surface area contributed by atoms with Gasteiger partial charge in [0.05, 0.1) is 0 Å². The number of rotatable bonds is 0. The van der Waals surface area contributed by atoms with E-state index >= 15 is 0 Å². The fourth-order valence-corrected chi connectivity index (χ4v) is 2.33. The minimum absolute atomic E-state index is 0.110. The minimum Gasteiger partial charge on any atom is -0.486 e. The normalized spacial score (nSPS) is 15.7. The molecule has 2 heteroatoms. The number of ether oxygens (including phenoxy) is 2. The van der Waals surface area contributed by atoms with E-state index in [4.69, 9.17) is 9.47 Å². The van der Waals surface area contributed by atoms with Crippen molar-refractivity contribution in [2.45, 2.75) is 52.4 Å². The van der Waals surface area contributed by atoms with Crippen LogP contribution >= 0.6 is 0 Å². The molecule has 0 aromatic heterocycles. The zero-order chi connectivity index (χ0) is 13.6. The lowest BCUT2D eigenvalue weighted by Crippen LogP contribution is -2.24. The van der Waals surface area contributed by atoms with Gasteiger partial charge in [-0.05, 0) is 34.1 Å². The van der Waals surface area contributed by atoms with Crippen LogP contribution in [0.25, 0.3) is 0 Å². The average molecular weight is 248 g/mol. The average Bonchev–Trinajstić information content (AvgIpc) is 2.25. The summed E-state index contributed by atoms with van der Waals surface area (Å²) >= 11 is 0. The fourth-order valence-electron chi connectivity index (χ4n) is 2.33. The molecule has 0 atom stereocenters. The van der Waals surface area contributed by atoms with Crippen LogP contribution in [-0.4, -0.2) is 13.2 Å². The van der Waals surface area contributed by atoms with Crippen molar-refractivity contribution in [2.75, 3.05) is 13.2 Å². The molecule has 0 saturated carbocycles. The Morgan fingerprint density at radius 1 is 0.722 bits per heavy atom. The number of fused-ring (bicyclic) bond motifs is 1. The van der Waals surface area contributed by atoms with Crippen LogP contribution in [0, 0.1) is 0 Å². The summed E-state index contributed by atoms with van der Waals surface area (Å²) in [5.74, 6) is 1.78. The molecule has 2 nitrogen and oxygen atoms in total. The monoisotopic (exact) mass is 248 g/mol. The van der Waals surface area contributed by atoms with Gasteiger partial charge in [0.2, 0.25) is 0 Å². The molecule has 0 spiro atoms. The fraction of sp³-hybridized carbons (Fsp3) is 0.625. The smallest absolute Gasteiger partial charge is 0.161 e. The Hall–Kier alpha value is -1.18. The lowest BCUT2D eigenvalue weighted by molar-refractivity contribution is 0.170. The molecule has 100 valence electrons. The molecule has 1 aliphatic heterocycles. The molecule has 0 aliphatic carbocycles. The van der Waals surface area contributed by atoms with Crippen LogP contribution in [0.1, 0.15) is 52.7 Å². The predicted molar refractivity (Wildman–Crippen MR) is 74.8 cm³/mol. The Labute approximate surface area is 110 Å². The Balaban J connectivity index is 2.63. The van der Waals surface area contributed by atoms with Crippen molar-refractivity contribution < 1.29 is 9.47 Å². The van der Waals surface area contributed by atoms with Gasteiger partial charge in [-0.15, -0.1) is 0 Å². The molecule has 18 heavy (non-hydrogen) atoms. The number of hydrogen-bond donors (Lipinski definition) is 0. The third kappa shape index (κ3) is 2.47. The van der Waals surface area contributed by atoms with Gasteiger partial charge in [-0.2, -0.15) is 0 Å². The second kappa shape index (κ2) is 4.18. The first-order valence-electron chi connectivity index (χ1n) is 6.64. The highest BCUT2D eigenvalue weighted by Gasteiger charge is 2.28. The van der Waals surface area contributed by atoms with E-state index in [9.17, 15) is 0 Å². The van der Waals surface area contributed by atoms with Crippen LogP contribution in [0.15, 0.2) is 12.1 Å². The maximum Gasteiger partial charge on any atom is 0.161 e. The van der Waals surface area contributed by atoms with Gasteiger partial charge < -0.3 is 9.47 Å². The molecule has 0 radical (unpaired) electrons. The molecule has 1 aromatic rings. The minimum atomic E-state index is 0.110. The van der Waals surface area contributed by atoms with Crippen molar-refractivity contribution in [3.05, 3.63) is 23.3 Å². The van der Waals surface area contributed by atoms with Gasteiger partial charge in [-0.3, -0.25) is 0 Å². The molecular formula is C16H24O2. The molecule has 1 aromatic carbocycles. The van der Waals surface area contributed by atoms with Gasteiger partial charge in [0.1, 0.15) is 13.2 Å². The van der Waals surface area contributed by atoms with Crippen molar-refractivity contribution in [1.29, 1.82) is 0 Å². The van der Waals surface area contributed by atoms with E-state index in [1.807, 2.05) is 0 Å². The van der Waals surface area contributed by atoms with Crippen LogP contribution in [0.3, 0.4) is 0 Å². The van der Waals surface area contributed by atoms with Gasteiger partial charge in [0.15, 0.2) is 11.5 Å². The first-order chi connectivity index (χ1) is 8.19. The second-order valence-electron chi connectivity index (χ2n) is 7.04. The maximum absolute atomic E-state index is 5.70. The molecule has 0 unspecified atom stereocenters. The molecule has 0 saturated heterocycles. The summed E-state index contributed by atoms with van der Waals surface area (Å²) in [6, 6.07) is 4.32. The molecule has 0 N–H and O–H groups in total. The van der Waals surface area contributed by atoms with Crippen LogP contribution in [-0.2, 0) is 10.8 Å². The quantitative estimate of drug-likeness (QED) is 0.689. The summed E-state index contributed by atoms with van der Waals surface area (Å²) in [5.41, 5.74) is 2.91. The van der Waals surface area contributed by atoms with E-state index in [1.165, 1.54) is 11.1 Å². The molecule has 1 aliphatic rings. The Morgan fingerprint density at radius 3 is 1.33 bits per heavy atom. The molecule has 0 bridgehead atoms.